The van der Waals surface area contributed by atoms with Crippen LogP contribution >= 0.6 is 15.9 Å². The van der Waals surface area contributed by atoms with Gasteiger partial charge >= 0.3 is 0 Å². The minimum absolute atomic E-state index is 0.0187. The SMILES string of the molecule is CCc1ccc(C2CC(c3cccc(Br)c3)=NN2c2ccc(S(N)(=O)=O)cc2)cc1. The lowest BCUT2D eigenvalue weighted by Crippen LogP contribution is -2.19. The molecule has 7 heteroatoms. The van der Waals surface area contributed by atoms with Gasteiger partial charge in [0.2, 0.25) is 10.0 Å². The van der Waals surface area contributed by atoms with Gasteiger partial charge in [0.15, 0.2) is 0 Å². The molecule has 154 valence electrons. The molecular weight excluding hydrogens is 462 g/mol. The zero-order valence-electron chi connectivity index (χ0n) is 16.5. The van der Waals surface area contributed by atoms with Crippen LogP contribution in [0.25, 0.3) is 0 Å². The third-order valence-corrected chi connectivity index (χ3v) is 6.69. The first-order valence-corrected chi connectivity index (χ1v) is 12.0. The summed E-state index contributed by atoms with van der Waals surface area (Å²) in [4.78, 5) is 0.0884. The standard InChI is InChI=1S/C23H22BrN3O2S/c1-2-16-6-8-17(9-7-16)23-15-22(18-4-3-5-19(24)14-18)26-27(23)20-10-12-21(13-11-20)30(25,28)29/h3-14,23H,2,15H2,1H3,(H2,25,28,29). The maximum Gasteiger partial charge on any atom is 0.238 e. The van der Waals surface area contributed by atoms with Crippen LogP contribution in [0.1, 0.15) is 36.1 Å². The molecule has 0 aromatic heterocycles. The first-order valence-electron chi connectivity index (χ1n) is 9.69. The molecular formula is C23H22BrN3O2S. The summed E-state index contributed by atoms with van der Waals surface area (Å²) in [6, 6.07) is 23.2. The summed E-state index contributed by atoms with van der Waals surface area (Å²) >= 11 is 3.53. The second kappa shape index (κ2) is 8.34. The number of aryl methyl sites for hydroxylation is 1. The van der Waals surface area contributed by atoms with Gasteiger partial charge in [-0.1, -0.05) is 59.3 Å². The van der Waals surface area contributed by atoms with E-state index >= 15 is 0 Å². The molecule has 1 unspecified atom stereocenters. The number of sulfonamides is 1. The van der Waals surface area contributed by atoms with E-state index < -0.39 is 10.0 Å². The normalized spacial score (nSPS) is 16.6. The second-order valence-corrected chi connectivity index (χ2v) is 9.73. The Morgan fingerprint density at radius 3 is 2.37 bits per heavy atom. The van der Waals surface area contributed by atoms with Gasteiger partial charge in [-0.25, -0.2) is 13.6 Å². The van der Waals surface area contributed by atoms with Crippen LogP contribution in [0.3, 0.4) is 0 Å². The summed E-state index contributed by atoms with van der Waals surface area (Å²) in [7, 11) is -3.73. The molecule has 2 N–H and O–H groups in total. The van der Waals surface area contributed by atoms with Crippen molar-refractivity contribution in [3.05, 3.63) is 94.0 Å². The van der Waals surface area contributed by atoms with Crippen molar-refractivity contribution in [2.45, 2.75) is 30.7 Å². The quantitative estimate of drug-likeness (QED) is 0.553. The fourth-order valence-electron chi connectivity index (χ4n) is 3.61. The highest BCUT2D eigenvalue weighted by Crippen LogP contribution is 2.37. The first kappa shape index (κ1) is 20.8. The van der Waals surface area contributed by atoms with E-state index in [0.29, 0.717) is 0 Å². The van der Waals surface area contributed by atoms with E-state index in [1.54, 1.807) is 12.1 Å². The van der Waals surface area contributed by atoms with Gasteiger partial charge in [0.05, 0.1) is 22.3 Å². The summed E-state index contributed by atoms with van der Waals surface area (Å²) in [6.07, 6.45) is 1.74. The van der Waals surface area contributed by atoms with Gasteiger partial charge in [-0.15, -0.1) is 0 Å². The van der Waals surface area contributed by atoms with Crippen LogP contribution < -0.4 is 10.1 Å². The third-order valence-electron chi connectivity index (χ3n) is 5.27. The number of hydrogen-bond acceptors (Lipinski definition) is 4. The molecule has 0 spiro atoms. The maximum absolute atomic E-state index is 11.6. The predicted molar refractivity (Wildman–Crippen MR) is 124 cm³/mol. The van der Waals surface area contributed by atoms with Crippen LogP contribution in [0.2, 0.25) is 0 Å². The molecule has 0 saturated carbocycles. The van der Waals surface area contributed by atoms with E-state index in [-0.39, 0.29) is 10.9 Å². The fraction of sp³-hybridized carbons (Fsp3) is 0.174. The van der Waals surface area contributed by atoms with E-state index in [2.05, 4.69) is 59.3 Å². The van der Waals surface area contributed by atoms with Gasteiger partial charge in [-0.2, -0.15) is 5.10 Å². The van der Waals surface area contributed by atoms with Gasteiger partial charge < -0.3 is 0 Å². The largest absolute Gasteiger partial charge is 0.257 e. The number of hydrazone groups is 1. The number of primary sulfonamides is 1. The monoisotopic (exact) mass is 483 g/mol. The van der Waals surface area contributed by atoms with Crippen LogP contribution in [0.15, 0.2) is 87.3 Å². The van der Waals surface area contributed by atoms with E-state index in [0.717, 1.165) is 39.8 Å². The number of nitrogens with two attached hydrogens (primary N) is 1. The molecule has 5 nitrogen and oxygen atoms in total. The van der Waals surface area contributed by atoms with Crippen LogP contribution in [-0.4, -0.2) is 14.1 Å². The Balaban J connectivity index is 1.74. The zero-order valence-corrected chi connectivity index (χ0v) is 18.9. The predicted octanol–water partition coefficient (Wildman–Crippen LogP) is 5.01. The van der Waals surface area contributed by atoms with E-state index in [4.69, 9.17) is 10.2 Å². The Hall–Kier alpha value is -2.48. The zero-order chi connectivity index (χ0) is 21.3. The van der Waals surface area contributed by atoms with E-state index in [1.807, 2.05) is 17.1 Å². The topological polar surface area (TPSA) is 75.8 Å². The average molecular weight is 484 g/mol. The average Bonchev–Trinajstić information content (AvgIpc) is 3.19. The van der Waals surface area contributed by atoms with Crippen molar-refractivity contribution >= 4 is 37.4 Å². The maximum atomic E-state index is 11.6. The summed E-state index contributed by atoms with van der Waals surface area (Å²) in [5.74, 6) is 0. The summed E-state index contributed by atoms with van der Waals surface area (Å²) in [5.41, 5.74) is 5.31. The Labute approximate surface area is 185 Å². The van der Waals surface area contributed by atoms with Gasteiger partial charge in [0, 0.05) is 10.9 Å². The molecule has 0 amide bonds. The lowest BCUT2D eigenvalue weighted by Gasteiger charge is -2.24. The number of rotatable bonds is 5. The van der Waals surface area contributed by atoms with Crippen molar-refractivity contribution in [2.24, 2.45) is 10.2 Å². The van der Waals surface area contributed by atoms with Crippen molar-refractivity contribution in [1.29, 1.82) is 0 Å². The number of hydrogen-bond donors (Lipinski definition) is 1. The smallest absolute Gasteiger partial charge is 0.238 e. The van der Waals surface area contributed by atoms with E-state index in [1.165, 1.54) is 17.7 Å². The molecule has 1 atom stereocenters. The number of nitrogens with zero attached hydrogens (tertiary/aromatic N) is 2. The highest BCUT2D eigenvalue weighted by molar-refractivity contribution is 9.10. The van der Waals surface area contributed by atoms with Crippen LogP contribution in [0.5, 0.6) is 0 Å². The minimum Gasteiger partial charge on any atom is -0.257 e. The fourth-order valence-corrected chi connectivity index (χ4v) is 4.53. The Bertz CT molecular complexity index is 1190. The molecule has 3 aromatic rings. The highest BCUT2D eigenvalue weighted by atomic mass is 79.9. The molecule has 0 aliphatic carbocycles. The lowest BCUT2D eigenvalue weighted by molar-refractivity contribution is 0.597. The van der Waals surface area contributed by atoms with Crippen molar-refractivity contribution < 1.29 is 8.42 Å². The summed E-state index contributed by atoms with van der Waals surface area (Å²) in [6.45, 7) is 2.14. The Morgan fingerprint density at radius 2 is 1.77 bits per heavy atom. The van der Waals surface area contributed by atoms with Gasteiger partial charge in [0.1, 0.15) is 0 Å². The van der Waals surface area contributed by atoms with Crippen molar-refractivity contribution in [1.82, 2.24) is 0 Å². The molecule has 1 heterocycles. The van der Waals surface area contributed by atoms with Gasteiger partial charge in [-0.3, -0.25) is 5.01 Å². The highest BCUT2D eigenvalue weighted by Gasteiger charge is 2.30. The van der Waals surface area contributed by atoms with Crippen molar-refractivity contribution in [3.8, 4) is 0 Å². The van der Waals surface area contributed by atoms with Crippen molar-refractivity contribution in [2.75, 3.05) is 5.01 Å². The molecule has 3 aromatic carbocycles. The molecule has 4 rings (SSSR count). The molecule has 0 fully saturated rings. The summed E-state index contributed by atoms with van der Waals surface area (Å²) in [5, 5.41) is 12.1. The number of anilines is 1. The molecule has 1 aliphatic heterocycles. The lowest BCUT2D eigenvalue weighted by atomic mass is 9.97. The van der Waals surface area contributed by atoms with E-state index in [9.17, 15) is 8.42 Å². The molecule has 0 radical (unpaired) electrons. The van der Waals surface area contributed by atoms with Crippen LogP contribution in [0.4, 0.5) is 5.69 Å². The van der Waals surface area contributed by atoms with Crippen LogP contribution in [0, 0.1) is 0 Å². The van der Waals surface area contributed by atoms with Gasteiger partial charge in [-0.05, 0) is 59.5 Å². The van der Waals surface area contributed by atoms with Crippen LogP contribution in [-0.2, 0) is 16.4 Å². The first-order chi connectivity index (χ1) is 14.3. The Morgan fingerprint density at radius 1 is 1.07 bits per heavy atom. The molecule has 1 aliphatic rings. The molecule has 30 heavy (non-hydrogen) atoms. The molecule has 0 bridgehead atoms. The number of benzene rings is 3. The van der Waals surface area contributed by atoms with Gasteiger partial charge in [0.25, 0.3) is 0 Å². The Kier molecular flexibility index (Phi) is 5.77. The second-order valence-electron chi connectivity index (χ2n) is 7.26. The number of halogens is 1. The minimum atomic E-state index is -3.73. The third kappa shape index (κ3) is 4.33. The molecule has 0 saturated heterocycles. The van der Waals surface area contributed by atoms with Crippen molar-refractivity contribution in [3.63, 3.8) is 0 Å². The summed E-state index contributed by atoms with van der Waals surface area (Å²) < 4.78 is 24.2.